The smallest absolute Gasteiger partial charge is 0.0441 e. The summed E-state index contributed by atoms with van der Waals surface area (Å²) >= 11 is 9.79. The van der Waals surface area contributed by atoms with Gasteiger partial charge in [0.25, 0.3) is 0 Å². The fraction of sp³-hybridized carbons (Fsp3) is 0.538. The van der Waals surface area contributed by atoms with E-state index >= 15 is 0 Å². The third-order valence-corrected chi connectivity index (χ3v) is 4.04. The van der Waals surface area contributed by atoms with Crippen molar-refractivity contribution in [3.63, 3.8) is 0 Å². The second-order valence-electron chi connectivity index (χ2n) is 4.12. The number of hydrogen-bond donors (Lipinski definition) is 0. The van der Waals surface area contributed by atoms with Crippen LogP contribution >= 0.6 is 27.5 Å². The molecule has 0 nitrogen and oxygen atoms in total. The molecule has 2 atom stereocenters. The second kappa shape index (κ2) is 6.55. The van der Waals surface area contributed by atoms with Crippen molar-refractivity contribution in [1.29, 1.82) is 0 Å². The zero-order valence-corrected chi connectivity index (χ0v) is 11.7. The van der Waals surface area contributed by atoms with E-state index in [1.54, 1.807) is 0 Å². The van der Waals surface area contributed by atoms with Crippen LogP contribution in [0, 0.1) is 5.92 Å². The molecule has 0 N–H and O–H groups in total. The van der Waals surface area contributed by atoms with Gasteiger partial charge in [-0.3, -0.25) is 0 Å². The summed E-state index contributed by atoms with van der Waals surface area (Å²) in [7, 11) is 0. The maximum absolute atomic E-state index is 6.20. The van der Waals surface area contributed by atoms with Crippen molar-refractivity contribution < 1.29 is 0 Å². The molecule has 0 saturated heterocycles. The van der Waals surface area contributed by atoms with Crippen molar-refractivity contribution in [2.45, 2.75) is 32.6 Å². The maximum Gasteiger partial charge on any atom is 0.0441 e. The molecule has 15 heavy (non-hydrogen) atoms. The lowest BCUT2D eigenvalue weighted by atomic mass is 9.90. The average molecular weight is 290 g/mol. The zero-order chi connectivity index (χ0) is 11.3. The van der Waals surface area contributed by atoms with Crippen LogP contribution in [0.2, 0.25) is 5.02 Å². The Morgan fingerprint density at radius 1 is 1.33 bits per heavy atom. The molecule has 0 aromatic heterocycles. The zero-order valence-electron chi connectivity index (χ0n) is 9.34. The molecule has 0 aliphatic carbocycles. The van der Waals surface area contributed by atoms with Crippen LogP contribution < -0.4 is 0 Å². The molecule has 0 spiro atoms. The first-order valence-electron chi connectivity index (χ1n) is 5.49. The largest absolute Gasteiger partial charge is 0.0921 e. The molecule has 0 aliphatic heterocycles. The predicted molar refractivity (Wildman–Crippen MR) is 72.1 cm³/mol. The Hall–Kier alpha value is -0.0100. The predicted octanol–water partition coefficient (Wildman–Crippen LogP) is 5.25. The van der Waals surface area contributed by atoms with E-state index in [1.807, 2.05) is 12.1 Å². The van der Waals surface area contributed by atoms with Crippen molar-refractivity contribution in [3.8, 4) is 0 Å². The first-order valence-corrected chi connectivity index (χ1v) is 6.99. The van der Waals surface area contributed by atoms with E-state index in [1.165, 1.54) is 18.4 Å². The molecule has 2 heteroatoms. The molecule has 0 aliphatic rings. The van der Waals surface area contributed by atoms with Crippen molar-refractivity contribution in [1.82, 2.24) is 0 Å². The second-order valence-corrected chi connectivity index (χ2v) is 5.18. The van der Waals surface area contributed by atoms with Gasteiger partial charge in [0.15, 0.2) is 0 Å². The minimum absolute atomic E-state index is 0.536. The van der Waals surface area contributed by atoms with Crippen molar-refractivity contribution in [3.05, 3.63) is 34.9 Å². The molecule has 0 heterocycles. The van der Waals surface area contributed by atoms with Gasteiger partial charge < -0.3 is 0 Å². The Kier molecular flexibility index (Phi) is 5.70. The highest BCUT2D eigenvalue weighted by Gasteiger charge is 2.15. The Morgan fingerprint density at radius 2 is 2.00 bits per heavy atom. The molecular formula is C13H18BrCl. The third-order valence-electron chi connectivity index (χ3n) is 2.92. The van der Waals surface area contributed by atoms with Crippen LogP contribution in [0.1, 0.15) is 38.2 Å². The highest BCUT2D eigenvalue weighted by Crippen LogP contribution is 2.31. The van der Waals surface area contributed by atoms with Crippen LogP contribution in [0.15, 0.2) is 24.3 Å². The van der Waals surface area contributed by atoms with Gasteiger partial charge in [0.05, 0.1) is 0 Å². The molecular weight excluding hydrogens is 272 g/mol. The first-order chi connectivity index (χ1) is 7.19. The lowest BCUT2D eigenvalue weighted by Crippen LogP contribution is -2.06. The molecule has 0 radical (unpaired) electrons. The number of rotatable bonds is 5. The lowest BCUT2D eigenvalue weighted by Gasteiger charge is -2.19. The summed E-state index contributed by atoms with van der Waals surface area (Å²) in [5, 5.41) is 1.88. The summed E-state index contributed by atoms with van der Waals surface area (Å²) < 4.78 is 0. The van der Waals surface area contributed by atoms with Crippen molar-refractivity contribution in [2.75, 3.05) is 5.33 Å². The monoisotopic (exact) mass is 288 g/mol. The van der Waals surface area contributed by atoms with Gasteiger partial charge in [-0.15, -0.1) is 0 Å². The molecule has 0 bridgehead atoms. The van der Waals surface area contributed by atoms with E-state index in [0.717, 1.165) is 16.3 Å². The van der Waals surface area contributed by atoms with Crippen LogP contribution in [0.25, 0.3) is 0 Å². The van der Waals surface area contributed by atoms with Gasteiger partial charge in [0, 0.05) is 10.4 Å². The Labute approximate surface area is 106 Å². The highest BCUT2D eigenvalue weighted by atomic mass is 79.9. The van der Waals surface area contributed by atoms with Crippen LogP contribution in [-0.2, 0) is 0 Å². The summed E-state index contributed by atoms with van der Waals surface area (Å²) in [6.45, 7) is 4.54. The first kappa shape index (κ1) is 13.1. The summed E-state index contributed by atoms with van der Waals surface area (Å²) in [5.74, 6) is 1.29. The van der Waals surface area contributed by atoms with Gasteiger partial charge in [-0.05, 0) is 29.9 Å². The fourth-order valence-corrected chi connectivity index (χ4v) is 2.63. The SMILES string of the molecule is CCC(C)CC(CBr)c1ccccc1Cl. The normalized spacial score (nSPS) is 14.9. The summed E-state index contributed by atoms with van der Waals surface area (Å²) in [5.41, 5.74) is 1.27. The Balaban J connectivity index is 2.78. The van der Waals surface area contributed by atoms with Crippen molar-refractivity contribution in [2.24, 2.45) is 5.92 Å². The van der Waals surface area contributed by atoms with Crippen LogP contribution in [0.3, 0.4) is 0 Å². The minimum atomic E-state index is 0.536. The summed E-state index contributed by atoms with van der Waals surface area (Å²) in [6.07, 6.45) is 2.43. The van der Waals surface area contributed by atoms with Crippen molar-refractivity contribution >= 4 is 27.5 Å². The van der Waals surface area contributed by atoms with E-state index in [2.05, 4.69) is 41.9 Å². The maximum atomic E-state index is 6.20. The van der Waals surface area contributed by atoms with E-state index in [-0.39, 0.29) is 0 Å². The van der Waals surface area contributed by atoms with E-state index in [9.17, 15) is 0 Å². The summed E-state index contributed by atoms with van der Waals surface area (Å²) in [4.78, 5) is 0. The lowest BCUT2D eigenvalue weighted by molar-refractivity contribution is 0.475. The number of alkyl halides is 1. The van der Waals surface area contributed by atoms with E-state index in [4.69, 9.17) is 11.6 Å². The van der Waals surface area contributed by atoms with Gasteiger partial charge in [-0.1, -0.05) is 66.0 Å². The molecule has 1 aromatic carbocycles. The number of benzene rings is 1. The molecule has 2 unspecified atom stereocenters. The average Bonchev–Trinajstić information content (AvgIpc) is 2.26. The topological polar surface area (TPSA) is 0 Å². The Bertz CT molecular complexity index is 298. The number of halogens is 2. The van der Waals surface area contributed by atoms with Gasteiger partial charge >= 0.3 is 0 Å². The van der Waals surface area contributed by atoms with Crippen LogP contribution in [-0.4, -0.2) is 5.33 Å². The van der Waals surface area contributed by atoms with Crippen LogP contribution in [0.4, 0.5) is 0 Å². The van der Waals surface area contributed by atoms with Gasteiger partial charge in [0.2, 0.25) is 0 Å². The molecule has 0 fully saturated rings. The van der Waals surface area contributed by atoms with E-state index < -0.39 is 0 Å². The third kappa shape index (κ3) is 3.81. The highest BCUT2D eigenvalue weighted by molar-refractivity contribution is 9.09. The van der Waals surface area contributed by atoms with Gasteiger partial charge in [-0.2, -0.15) is 0 Å². The molecule has 0 saturated carbocycles. The quantitative estimate of drug-likeness (QED) is 0.649. The van der Waals surface area contributed by atoms with Gasteiger partial charge in [-0.25, -0.2) is 0 Å². The van der Waals surface area contributed by atoms with E-state index in [0.29, 0.717) is 5.92 Å². The summed E-state index contributed by atoms with van der Waals surface area (Å²) in [6, 6.07) is 8.16. The molecule has 0 amide bonds. The van der Waals surface area contributed by atoms with Crippen LogP contribution in [0.5, 0.6) is 0 Å². The molecule has 1 rings (SSSR count). The molecule has 1 aromatic rings. The number of hydrogen-bond acceptors (Lipinski definition) is 0. The minimum Gasteiger partial charge on any atom is -0.0921 e. The Morgan fingerprint density at radius 3 is 2.53 bits per heavy atom. The van der Waals surface area contributed by atoms with Gasteiger partial charge in [0.1, 0.15) is 0 Å². The standard InChI is InChI=1S/C13H18BrCl/c1-3-10(2)8-11(9-14)12-6-4-5-7-13(12)15/h4-7,10-11H,3,8-9H2,1-2H3. The molecule has 84 valence electrons. The fourth-order valence-electron chi connectivity index (χ4n) is 1.73.